The third kappa shape index (κ3) is 3.79. The topological polar surface area (TPSA) is 85.2 Å². The van der Waals surface area contributed by atoms with E-state index in [2.05, 4.69) is 26.3 Å². The normalized spacial score (nSPS) is 16.0. The number of rotatable bonds is 3. The predicted octanol–water partition coefficient (Wildman–Crippen LogP) is 1.43. The van der Waals surface area contributed by atoms with Gasteiger partial charge in [0.15, 0.2) is 10.8 Å². The van der Waals surface area contributed by atoms with Crippen molar-refractivity contribution >= 4 is 40.6 Å². The van der Waals surface area contributed by atoms with Gasteiger partial charge in [0.2, 0.25) is 0 Å². The first-order valence-corrected chi connectivity index (χ1v) is 6.99. The summed E-state index contributed by atoms with van der Waals surface area (Å²) in [4.78, 5) is 4.69. The summed E-state index contributed by atoms with van der Waals surface area (Å²) < 4.78 is 12.8. The molecule has 1 aliphatic rings. The lowest BCUT2D eigenvalue weighted by molar-refractivity contribution is -0.984. The molecular weight excluding hydrogens is 321 g/mol. The molecular formula is C14H12FN5O2S. The quantitative estimate of drug-likeness (QED) is 0.294. The Bertz CT molecular complexity index is 753. The number of hydrogen-bond acceptors (Lipinski definition) is 5. The maximum atomic E-state index is 12.8. The second kappa shape index (κ2) is 6.67. The number of nitrogens with zero attached hydrogens (tertiary/aromatic N) is 1. The van der Waals surface area contributed by atoms with E-state index in [9.17, 15) is 9.60 Å². The molecule has 0 fully saturated rings. The van der Waals surface area contributed by atoms with Crippen LogP contribution in [0.2, 0.25) is 0 Å². The third-order valence-electron chi connectivity index (χ3n) is 3.00. The van der Waals surface area contributed by atoms with Crippen molar-refractivity contribution < 1.29 is 14.6 Å². The van der Waals surface area contributed by atoms with Crippen molar-refractivity contribution in [2.24, 2.45) is 5.10 Å². The summed E-state index contributed by atoms with van der Waals surface area (Å²) in [5, 5.41) is 18.1. The highest BCUT2D eigenvalue weighted by molar-refractivity contribution is 7.80. The van der Waals surface area contributed by atoms with Crippen LogP contribution in [0.25, 0.3) is 0 Å². The zero-order valence-corrected chi connectivity index (χ0v) is 12.5. The van der Waals surface area contributed by atoms with E-state index >= 15 is 0 Å². The molecule has 0 spiro atoms. The minimum absolute atomic E-state index is 0.259. The van der Waals surface area contributed by atoms with Crippen LogP contribution in [0, 0.1) is 11.0 Å². The van der Waals surface area contributed by atoms with Crippen LogP contribution in [0.4, 0.5) is 21.5 Å². The van der Waals surface area contributed by atoms with E-state index in [0.29, 0.717) is 22.6 Å². The van der Waals surface area contributed by atoms with Gasteiger partial charge in [-0.3, -0.25) is 5.43 Å². The Morgan fingerprint density at radius 1 is 1.30 bits per heavy atom. The fraction of sp³-hybridized carbons (Fsp3) is 0. The van der Waals surface area contributed by atoms with Crippen LogP contribution in [-0.2, 0) is 4.94 Å². The van der Waals surface area contributed by atoms with Crippen molar-refractivity contribution in [2.45, 2.75) is 0 Å². The van der Waals surface area contributed by atoms with Gasteiger partial charge in [-0.25, -0.2) is 9.87 Å². The summed E-state index contributed by atoms with van der Waals surface area (Å²) in [6.45, 7) is 0. The van der Waals surface area contributed by atoms with Crippen molar-refractivity contribution in [3.8, 4) is 0 Å². The monoisotopic (exact) mass is 333 g/mol. The molecule has 0 aromatic heterocycles. The van der Waals surface area contributed by atoms with Gasteiger partial charge < -0.3 is 10.5 Å². The lowest BCUT2D eigenvalue weighted by Crippen LogP contribution is -2.99. The molecule has 0 saturated carbocycles. The van der Waals surface area contributed by atoms with Gasteiger partial charge in [0.1, 0.15) is 11.5 Å². The Kier molecular flexibility index (Phi) is 4.44. The molecule has 2 aromatic carbocycles. The number of halogens is 1. The molecule has 0 saturated heterocycles. The van der Waals surface area contributed by atoms with Gasteiger partial charge >= 0.3 is 0 Å². The lowest BCUT2D eigenvalue weighted by atomic mass is 10.2. The first-order chi connectivity index (χ1) is 11.1. The molecule has 1 aliphatic heterocycles. The molecule has 23 heavy (non-hydrogen) atoms. The molecule has 9 heteroatoms. The molecule has 7 nitrogen and oxygen atoms in total. The number of quaternary nitrogens is 1. The third-order valence-corrected chi connectivity index (χ3v) is 3.19. The minimum atomic E-state index is -0.434. The lowest BCUT2D eigenvalue weighted by Gasteiger charge is -2.09. The standard InChI is InChI=1S/C14H12FN5O2S/c15-10-2-4-11(5-3-10)17-14(23)18-16-8-9-1-6-12-13(7-9)20(21)22-19-12/h1-8,19-20H,(H2,17,18,23)/b16-8+. The zero-order chi connectivity index (χ0) is 16.2. The maximum absolute atomic E-state index is 12.8. The van der Waals surface area contributed by atoms with Crippen LogP contribution < -0.4 is 21.4 Å². The Hall–Kier alpha value is -2.59. The fourth-order valence-electron chi connectivity index (χ4n) is 1.91. The van der Waals surface area contributed by atoms with Crippen molar-refractivity contribution in [3.63, 3.8) is 0 Å². The van der Waals surface area contributed by atoms with E-state index in [-0.39, 0.29) is 10.9 Å². The van der Waals surface area contributed by atoms with E-state index in [1.807, 2.05) is 0 Å². The van der Waals surface area contributed by atoms with E-state index in [0.717, 1.165) is 0 Å². The summed E-state index contributed by atoms with van der Waals surface area (Å²) in [5.74, 6) is -0.322. The first-order valence-electron chi connectivity index (χ1n) is 6.59. The predicted molar refractivity (Wildman–Crippen MR) is 88.5 cm³/mol. The van der Waals surface area contributed by atoms with Crippen LogP contribution in [-0.4, -0.2) is 11.3 Å². The van der Waals surface area contributed by atoms with Crippen molar-refractivity contribution in [1.82, 2.24) is 5.43 Å². The molecule has 1 unspecified atom stereocenters. The molecule has 2 aromatic rings. The number of fused-ring (bicyclic) bond motifs is 1. The molecule has 3 rings (SSSR count). The second-order valence-electron chi connectivity index (χ2n) is 4.63. The van der Waals surface area contributed by atoms with Crippen molar-refractivity contribution in [2.75, 3.05) is 10.8 Å². The minimum Gasteiger partial charge on any atom is -0.593 e. The van der Waals surface area contributed by atoms with E-state index < -0.39 is 5.23 Å². The number of benzene rings is 2. The molecule has 1 heterocycles. The van der Waals surface area contributed by atoms with E-state index in [1.165, 1.54) is 18.3 Å². The first kappa shape index (κ1) is 15.3. The van der Waals surface area contributed by atoms with E-state index in [1.54, 1.807) is 30.3 Å². The summed E-state index contributed by atoms with van der Waals surface area (Å²) in [7, 11) is 0. The Morgan fingerprint density at radius 2 is 2.09 bits per heavy atom. The summed E-state index contributed by atoms with van der Waals surface area (Å²) in [6.07, 6.45) is 1.52. The van der Waals surface area contributed by atoms with Gasteiger partial charge in [-0.1, -0.05) is 11.0 Å². The van der Waals surface area contributed by atoms with Gasteiger partial charge in [-0.05, 0) is 42.5 Å². The van der Waals surface area contributed by atoms with E-state index in [4.69, 9.17) is 12.2 Å². The average molecular weight is 333 g/mol. The Morgan fingerprint density at radius 3 is 2.87 bits per heavy atom. The fourth-order valence-corrected chi connectivity index (χ4v) is 2.08. The number of anilines is 2. The van der Waals surface area contributed by atoms with Crippen LogP contribution in [0.1, 0.15) is 5.56 Å². The van der Waals surface area contributed by atoms with Gasteiger partial charge in [0, 0.05) is 17.3 Å². The highest BCUT2D eigenvalue weighted by Gasteiger charge is 2.19. The summed E-state index contributed by atoms with van der Waals surface area (Å²) >= 11 is 5.07. The smallest absolute Gasteiger partial charge is 0.192 e. The average Bonchev–Trinajstić information content (AvgIpc) is 2.91. The molecule has 1 atom stereocenters. The summed E-state index contributed by atoms with van der Waals surface area (Å²) in [5.41, 5.74) is 7.57. The number of thiocarbonyl (C=S) groups is 1. The van der Waals surface area contributed by atoms with Crippen molar-refractivity contribution in [1.29, 1.82) is 0 Å². The van der Waals surface area contributed by atoms with Crippen LogP contribution in [0.3, 0.4) is 0 Å². The second-order valence-corrected chi connectivity index (χ2v) is 5.04. The molecule has 4 N–H and O–H groups in total. The van der Waals surface area contributed by atoms with Gasteiger partial charge in [-0.2, -0.15) is 10.3 Å². The number of hydrazone groups is 1. The van der Waals surface area contributed by atoms with Gasteiger partial charge in [-0.15, -0.1) is 0 Å². The highest BCUT2D eigenvalue weighted by Crippen LogP contribution is 2.21. The largest absolute Gasteiger partial charge is 0.593 e. The van der Waals surface area contributed by atoms with Crippen molar-refractivity contribution in [3.05, 3.63) is 59.1 Å². The number of nitrogens with one attached hydrogen (secondary N) is 4. The maximum Gasteiger partial charge on any atom is 0.192 e. The molecule has 118 valence electrons. The highest BCUT2D eigenvalue weighted by atomic mass is 32.1. The van der Waals surface area contributed by atoms with Gasteiger partial charge in [0.05, 0.1) is 6.21 Å². The molecule has 0 aliphatic carbocycles. The van der Waals surface area contributed by atoms with Gasteiger partial charge in [0.25, 0.3) is 0 Å². The Balaban J connectivity index is 1.57. The summed E-state index contributed by atoms with van der Waals surface area (Å²) in [6, 6.07) is 10.9. The molecule has 0 amide bonds. The SMILES string of the molecule is [O-][NH+]1ONc2ccc(/C=N/NC(=S)Nc3ccc(F)cc3)cc21. The molecule has 0 radical (unpaired) electrons. The van der Waals surface area contributed by atoms with Crippen LogP contribution >= 0.6 is 12.2 Å². The molecule has 0 bridgehead atoms. The zero-order valence-electron chi connectivity index (χ0n) is 11.7. The van der Waals surface area contributed by atoms with Crippen LogP contribution in [0.5, 0.6) is 0 Å². The number of hydrogen-bond donors (Lipinski definition) is 4. The Labute approximate surface area is 136 Å². The van der Waals surface area contributed by atoms with Crippen LogP contribution in [0.15, 0.2) is 47.6 Å².